The summed E-state index contributed by atoms with van der Waals surface area (Å²) in [7, 11) is 0. The third-order valence-corrected chi connectivity index (χ3v) is 4.99. The second-order valence-corrected chi connectivity index (χ2v) is 6.60. The third kappa shape index (κ3) is 2.21. The summed E-state index contributed by atoms with van der Waals surface area (Å²) in [6.45, 7) is 5.42. The Morgan fingerprint density at radius 1 is 1.09 bits per heavy atom. The largest absolute Gasteiger partial charge is 0.422 e. The first-order valence-electron chi connectivity index (χ1n) is 8.31. The van der Waals surface area contributed by atoms with Gasteiger partial charge in [0.15, 0.2) is 0 Å². The fourth-order valence-corrected chi connectivity index (χ4v) is 3.93. The molecule has 2 aliphatic rings. The minimum Gasteiger partial charge on any atom is -0.422 e. The SMILES string of the molecule is C=C(C)C(=O)OC1=C(C2CCCC2)c2cccc3cccc1c23. The molecule has 0 radical (unpaired) electrons. The summed E-state index contributed by atoms with van der Waals surface area (Å²) >= 11 is 0. The molecule has 0 aliphatic heterocycles. The van der Waals surface area contributed by atoms with Crippen molar-refractivity contribution in [2.45, 2.75) is 32.6 Å². The van der Waals surface area contributed by atoms with Gasteiger partial charge in [-0.1, -0.05) is 55.8 Å². The van der Waals surface area contributed by atoms with Gasteiger partial charge in [0.25, 0.3) is 0 Å². The van der Waals surface area contributed by atoms with Gasteiger partial charge in [0.05, 0.1) is 0 Å². The molecule has 0 aromatic heterocycles. The van der Waals surface area contributed by atoms with E-state index >= 15 is 0 Å². The van der Waals surface area contributed by atoms with E-state index in [0.29, 0.717) is 11.5 Å². The van der Waals surface area contributed by atoms with Crippen molar-refractivity contribution in [3.05, 3.63) is 59.7 Å². The lowest BCUT2D eigenvalue weighted by molar-refractivity contribution is -0.132. The minimum atomic E-state index is -0.333. The summed E-state index contributed by atoms with van der Waals surface area (Å²) in [6.07, 6.45) is 4.85. The second kappa shape index (κ2) is 5.38. The number of hydrogen-bond donors (Lipinski definition) is 0. The van der Waals surface area contributed by atoms with E-state index in [-0.39, 0.29) is 5.97 Å². The first-order valence-corrected chi connectivity index (χ1v) is 8.31. The summed E-state index contributed by atoms with van der Waals surface area (Å²) < 4.78 is 5.81. The summed E-state index contributed by atoms with van der Waals surface area (Å²) in [5.74, 6) is 0.915. The second-order valence-electron chi connectivity index (χ2n) is 6.60. The van der Waals surface area contributed by atoms with E-state index in [1.165, 1.54) is 47.6 Å². The zero-order chi connectivity index (χ0) is 16.0. The molecule has 0 amide bonds. The smallest absolute Gasteiger partial charge is 0.338 e. The Bertz CT molecular complexity index is 846. The molecule has 0 spiro atoms. The highest BCUT2D eigenvalue weighted by molar-refractivity contribution is 6.14. The molecule has 1 saturated carbocycles. The molecular formula is C21H20O2. The van der Waals surface area contributed by atoms with Crippen LogP contribution in [0.25, 0.3) is 22.1 Å². The maximum Gasteiger partial charge on any atom is 0.338 e. The summed E-state index contributed by atoms with van der Waals surface area (Å²) in [5.41, 5.74) is 3.96. The molecule has 116 valence electrons. The number of rotatable bonds is 3. The molecule has 23 heavy (non-hydrogen) atoms. The van der Waals surface area contributed by atoms with Crippen molar-refractivity contribution in [1.29, 1.82) is 0 Å². The van der Waals surface area contributed by atoms with Gasteiger partial charge in [-0.25, -0.2) is 4.79 Å². The predicted molar refractivity (Wildman–Crippen MR) is 93.6 cm³/mol. The molecule has 0 bridgehead atoms. The van der Waals surface area contributed by atoms with Gasteiger partial charge in [-0.15, -0.1) is 0 Å². The fraction of sp³-hybridized carbons (Fsp3) is 0.286. The van der Waals surface area contributed by atoms with Crippen molar-refractivity contribution in [3.63, 3.8) is 0 Å². The first kappa shape index (κ1) is 14.3. The van der Waals surface area contributed by atoms with E-state index in [9.17, 15) is 4.79 Å². The van der Waals surface area contributed by atoms with Gasteiger partial charge in [0.2, 0.25) is 0 Å². The van der Waals surface area contributed by atoms with E-state index in [4.69, 9.17) is 4.74 Å². The Hall–Kier alpha value is -2.35. The lowest BCUT2D eigenvalue weighted by Gasteiger charge is -2.15. The monoisotopic (exact) mass is 304 g/mol. The number of carbonyl (C=O) groups excluding carboxylic acids is 1. The van der Waals surface area contributed by atoms with Crippen LogP contribution >= 0.6 is 0 Å². The van der Waals surface area contributed by atoms with Gasteiger partial charge < -0.3 is 4.74 Å². The Morgan fingerprint density at radius 2 is 1.74 bits per heavy atom. The molecule has 4 rings (SSSR count). The summed E-state index contributed by atoms with van der Waals surface area (Å²) in [5, 5.41) is 2.43. The van der Waals surface area contributed by atoms with Crippen molar-refractivity contribution in [3.8, 4) is 0 Å². The van der Waals surface area contributed by atoms with Gasteiger partial charge in [-0.05, 0) is 36.6 Å². The van der Waals surface area contributed by atoms with Crippen molar-refractivity contribution < 1.29 is 9.53 Å². The van der Waals surface area contributed by atoms with Crippen LogP contribution in [-0.2, 0) is 9.53 Å². The van der Waals surface area contributed by atoms with Gasteiger partial charge in [-0.2, -0.15) is 0 Å². The highest BCUT2D eigenvalue weighted by Gasteiger charge is 2.33. The lowest BCUT2D eigenvalue weighted by Crippen LogP contribution is -2.07. The number of benzene rings is 2. The average molecular weight is 304 g/mol. The average Bonchev–Trinajstić information content (AvgIpc) is 3.16. The molecule has 1 fully saturated rings. The Balaban J connectivity index is 1.93. The van der Waals surface area contributed by atoms with Crippen LogP contribution in [0.2, 0.25) is 0 Å². The summed E-state index contributed by atoms with van der Waals surface area (Å²) in [4.78, 5) is 12.2. The zero-order valence-electron chi connectivity index (χ0n) is 13.4. The fourth-order valence-electron chi connectivity index (χ4n) is 3.93. The number of carbonyl (C=O) groups is 1. The quantitative estimate of drug-likeness (QED) is 0.566. The molecule has 0 heterocycles. The van der Waals surface area contributed by atoms with Crippen LogP contribution in [0.1, 0.15) is 43.7 Å². The topological polar surface area (TPSA) is 26.3 Å². The van der Waals surface area contributed by atoms with Gasteiger partial charge in [0.1, 0.15) is 5.76 Å². The lowest BCUT2D eigenvalue weighted by atomic mass is 9.92. The first-order chi connectivity index (χ1) is 11.2. The van der Waals surface area contributed by atoms with Crippen molar-refractivity contribution in [1.82, 2.24) is 0 Å². The molecule has 2 aromatic rings. The van der Waals surface area contributed by atoms with Crippen LogP contribution in [0.15, 0.2) is 48.6 Å². The van der Waals surface area contributed by atoms with Crippen LogP contribution in [-0.4, -0.2) is 5.97 Å². The normalized spacial score (nSPS) is 17.1. The molecule has 2 aromatic carbocycles. The van der Waals surface area contributed by atoms with Gasteiger partial charge in [0, 0.05) is 22.1 Å². The number of ether oxygens (including phenoxy) is 1. The molecule has 2 heteroatoms. The maximum atomic E-state index is 12.2. The van der Waals surface area contributed by atoms with Crippen LogP contribution in [0.3, 0.4) is 0 Å². The standard InChI is InChI=1S/C21H20O2/c1-13(2)21(22)23-20-17-12-6-10-14-9-5-11-16(18(14)17)19(20)15-7-3-4-8-15/h5-6,9-12,15H,1,3-4,7-8H2,2H3. The van der Waals surface area contributed by atoms with Crippen molar-refractivity contribution in [2.24, 2.45) is 5.92 Å². The third-order valence-electron chi connectivity index (χ3n) is 4.99. The van der Waals surface area contributed by atoms with E-state index in [1.54, 1.807) is 6.92 Å². The molecule has 2 nitrogen and oxygen atoms in total. The molecule has 0 unspecified atom stereocenters. The summed E-state index contributed by atoms with van der Waals surface area (Å²) in [6, 6.07) is 12.6. The van der Waals surface area contributed by atoms with Crippen LogP contribution < -0.4 is 0 Å². The van der Waals surface area contributed by atoms with Crippen molar-refractivity contribution in [2.75, 3.05) is 0 Å². The molecular weight excluding hydrogens is 284 g/mol. The van der Waals surface area contributed by atoms with E-state index in [0.717, 1.165) is 11.3 Å². The number of esters is 1. The maximum absolute atomic E-state index is 12.2. The molecule has 0 N–H and O–H groups in total. The highest BCUT2D eigenvalue weighted by atomic mass is 16.5. The van der Waals surface area contributed by atoms with Crippen LogP contribution in [0.5, 0.6) is 0 Å². The molecule has 2 aliphatic carbocycles. The van der Waals surface area contributed by atoms with Gasteiger partial charge in [-0.3, -0.25) is 0 Å². The Morgan fingerprint density at radius 3 is 2.39 bits per heavy atom. The zero-order valence-corrected chi connectivity index (χ0v) is 13.4. The molecule has 0 atom stereocenters. The Labute approximate surface area is 136 Å². The van der Waals surface area contributed by atoms with E-state index in [2.05, 4.69) is 36.9 Å². The van der Waals surface area contributed by atoms with E-state index < -0.39 is 0 Å². The Kier molecular flexibility index (Phi) is 3.33. The number of allylic oxidation sites excluding steroid dienone is 1. The van der Waals surface area contributed by atoms with Crippen LogP contribution in [0, 0.1) is 5.92 Å². The predicted octanol–water partition coefficient (Wildman–Crippen LogP) is 5.33. The van der Waals surface area contributed by atoms with Crippen LogP contribution in [0.4, 0.5) is 0 Å². The van der Waals surface area contributed by atoms with Gasteiger partial charge >= 0.3 is 5.97 Å². The number of hydrogen-bond acceptors (Lipinski definition) is 2. The van der Waals surface area contributed by atoms with E-state index in [1.807, 2.05) is 6.07 Å². The van der Waals surface area contributed by atoms with Crippen molar-refractivity contribution >= 4 is 28.1 Å². The minimum absolute atomic E-state index is 0.333. The highest BCUT2D eigenvalue weighted by Crippen LogP contribution is 2.49. The molecule has 0 saturated heterocycles.